The predicted molar refractivity (Wildman–Crippen MR) is 241 cm³/mol. The van der Waals surface area contributed by atoms with Crippen LogP contribution in [0.5, 0.6) is 0 Å². The van der Waals surface area contributed by atoms with Gasteiger partial charge in [-0.05, 0) is 93.7 Å². The van der Waals surface area contributed by atoms with Gasteiger partial charge in [0.15, 0.2) is 0 Å². The molecule has 2 aromatic heterocycles. The Bertz CT molecular complexity index is 3410. The summed E-state index contributed by atoms with van der Waals surface area (Å²) in [6, 6.07) is 67.7. The average Bonchev–Trinajstić information content (AvgIpc) is 3.86. The largest absolute Gasteiger partial charge is 0.310 e. The van der Waals surface area contributed by atoms with Crippen LogP contribution < -0.4 is 4.90 Å². The second-order valence-corrected chi connectivity index (χ2v) is 16.8. The number of aromatic nitrogens is 1. The highest BCUT2D eigenvalue weighted by molar-refractivity contribution is 7.25. The van der Waals surface area contributed by atoms with Crippen LogP contribution in [-0.4, -0.2) is 4.57 Å². The molecule has 9 aromatic carbocycles. The molecule has 2 heterocycles. The summed E-state index contributed by atoms with van der Waals surface area (Å²) < 4.78 is 5.12. The van der Waals surface area contributed by atoms with Gasteiger partial charge in [-0.15, -0.1) is 11.3 Å². The zero-order valence-corrected chi connectivity index (χ0v) is 31.9. The maximum absolute atomic E-state index is 2.49. The van der Waals surface area contributed by atoms with E-state index < -0.39 is 0 Å². The maximum Gasteiger partial charge on any atom is 0.0619 e. The first kappa shape index (κ1) is 31.6. The molecule has 264 valence electrons. The van der Waals surface area contributed by atoms with Gasteiger partial charge in [0.2, 0.25) is 0 Å². The summed E-state index contributed by atoms with van der Waals surface area (Å²) in [6.45, 7) is 4.80. The third kappa shape index (κ3) is 4.43. The Balaban J connectivity index is 1.05. The van der Waals surface area contributed by atoms with E-state index in [4.69, 9.17) is 0 Å². The minimum absolute atomic E-state index is 0.227. The molecule has 0 aliphatic heterocycles. The Morgan fingerprint density at radius 1 is 0.446 bits per heavy atom. The highest BCUT2D eigenvalue weighted by Gasteiger charge is 2.37. The Kier molecular flexibility index (Phi) is 6.59. The number of rotatable bonds is 4. The van der Waals surface area contributed by atoms with Gasteiger partial charge in [0.25, 0.3) is 0 Å². The molecule has 0 radical (unpaired) electrons. The Hall–Kier alpha value is -6.68. The fourth-order valence-electron chi connectivity index (χ4n) is 9.67. The van der Waals surface area contributed by atoms with Crippen LogP contribution in [0, 0.1) is 0 Å². The van der Waals surface area contributed by atoms with Crippen LogP contribution in [0.15, 0.2) is 182 Å². The van der Waals surface area contributed by atoms with E-state index in [1.807, 2.05) is 11.3 Å². The third-order valence-electron chi connectivity index (χ3n) is 12.3. The first-order valence-corrected chi connectivity index (χ1v) is 20.2. The van der Waals surface area contributed by atoms with Gasteiger partial charge in [0.05, 0.1) is 16.7 Å². The number of thiophene rings is 1. The van der Waals surface area contributed by atoms with Gasteiger partial charge >= 0.3 is 0 Å². The fraction of sp³-hybridized carbons (Fsp3) is 0.0566. The van der Waals surface area contributed by atoms with Gasteiger partial charge < -0.3 is 9.47 Å². The van der Waals surface area contributed by atoms with Gasteiger partial charge in [-0.1, -0.05) is 135 Å². The minimum Gasteiger partial charge on any atom is -0.310 e. The van der Waals surface area contributed by atoms with Gasteiger partial charge in [-0.2, -0.15) is 0 Å². The van der Waals surface area contributed by atoms with Crippen molar-refractivity contribution in [1.29, 1.82) is 0 Å². The molecule has 0 atom stereocenters. The summed E-state index contributed by atoms with van der Waals surface area (Å²) in [4.78, 5) is 2.47. The topological polar surface area (TPSA) is 8.17 Å². The molecule has 1 aliphatic carbocycles. The second-order valence-electron chi connectivity index (χ2n) is 15.7. The SMILES string of the molecule is CC1(C)c2cc(N(c3ccc4sc5ccccc5c4c3)c3cccc4ccccc34)ccc2-c2ccc(-n3c4ccccc4c4ccc5ccccc5c43)cc21. The van der Waals surface area contributed by atoms with E-state index in [-0.39, 0.29) is 5.41 Å². The molecule has 0 amide bonds. The molecule has 0 saturated carbocycles. The van der Waals surface area contributed by atoms with Crippen molar-refractivity contribution in [3.8, 4) is 16.8 Å². The quantitative estimate of drug-likeness (QED) is 0.175. The van der Waals surface area contributed by atoms with E-state index in [1.54, 1.807) is 0 Å². The number of hydrogen-bond donors (Lipinski definition) is 0. The van der Waals surface area contributed by atoms with Crippen LogP contribution in [0.3, 0.4) is 0 Å². The molecule has 0 spiro atoms. The molecule has 0 fully saturated rings. The first-order valence-electron chi connectivity index (χ1n) is 19.4. The molecular weight excluding hydrogens is 697 g/mol. The number of para-hydroxylation sites is 1. The maximum atomic E-state index is 2.49. The van der Waals surface area contributed by atoms with Crippen molar-refractivity contribution in [3.05, 3.63) is 193 Å². The zero-order valence-electron chi connectivity index (χ0n) is 31.1. The molecule has 1 aliphatic rings. The smallest absolute Gasteiger partial charge is 0.0619 e. The van der Waals surface area contributed by atoms with Crippen molar-refractivity contribution in [1.82, 2.24) is 4.57 Å². The lowest BCUT2D eigenvalue weighted by Crippen LogP contribution is -2.17. The van der Waals surface area contributed by atoms with Crippen LogP contribution in [0.1, 0.15) is 25.0 Å². The Labute approximate surface area is 329 Å². The van der Waals surface area contributed by atoms with Gasteiger partial charge in [-0.3, -0.25) is 0 Å². The number of nitrogens with zero attached hydrogens (tertiary/aromatic N) is 2. The lowest BCUT2D eigenvalue weighted by molar-refractivity contribution is 0.660. The van der Waals surface area contributed by atoms with Crippen molar-refractivity contribution in [2.45, 2.75) is 19.3 Å². The normalized spacial score (nSPS) is 13.3. The first-order chi connectivity index (χ1) is 27.5. The summed E-state index contributed by atoms with van der Waals surface area (Å²) in [6.07, 6.45) is 0. The van der Waals surface area contributed by atoms with Crippen molar-refractivity contribution < 1.29 is 0 Å². The highest BCUT2D eigenvalue weighted by atomic mass is 32.1. The van der Waals surface area contributed by atoms with E-state index in [9.17, 15) is 0 Å². The van der Waals surface area contributed by atoms with E-state index in [1.165, 1.54) is 97.2 Å². The lowest BCUT2D eigenvalue weighted by Gasteiger charge is -2.29. The van der Waals surface area contributed by atoms with E-state index in [2.05, 4.69) is 205 Å². The Morgan fingerprint density at radius 2 is 1.07 bits per heavy atom. The second kappa shape index (κ2) is 11.7. The predicted octanol–water partition coefficient (Wildman–Crippen LogP) is 15.2. The standard InChI is InChI=1S/C53H36N2S/c1-53(2)46-31-36(54(48-20-11-14-33-12-3-5-15-38(33)48)35-25-29-51-45(30-35)43-18-8-10-21-50(43)56-51)23-27-40(46)41-28-24-37(32-47(41)53)55-49-19-9-7-17-42(49)44-26-22-34-13-4-6-16-39(34)52(44)55/h3-32H,1-2H3. The van der Waals surface area contributed by atoms with Crippen molar-refractivity contribution >= 4 is 91.9 Å². The minimum atomic E-state index is -0.227. The summed E-state index contributed by atoms with van der Waals surface area (Å²) in [5.41, 5.74) is 12.3. The van der Waals surface area contributed by atoms with E-state index in [0.717, 1.165) is 11.4 Å². The molecular formula is C53H36N2S. The van der Waals surface area contributed by atoms with Crippen LogP contribution in [0.25, 0.3) is 80.3 Å². The molecule has 3 heteroatoms. The van der Waals surface area contributed by atoms with Gasteiger partial charge in [0.1, 0.15) is 0 Å². The van der Waals surface area contributed by atoms with Crippen molar-refractivity contribution in [2.24, 2.45) is 0 Å². The molecule has 0 N–H and O–H groups in total. The summed E-state index contributed by atoms with van der Waals surface area (Å²) in [5.74, 6) is 0. The molecule has 0 saturated heterocycles. The molecule has 0 unspecified atom stereocenters. The Morgan fingerprint density at radius 3 is 1.93 bits per heavy atom. The van der Waals surface area contributed by atoms with E-state index in [0.29, 0.717) is 0 Å². The zero-order chi connectivity index (χ0) is 37.1. The number of fused-ring (bicyclic) bond motifs is 12. The number of hydrogen-bond acceptors (Lipinski definition) is 2. The van der Waals surface area contributed by atoms with E-state index >= 15 is 0 Å². The molecule has 56 heavy (non-hydrogen) atoms. The van der Waals surface area contributed by atoms with Crippen LogP contribution >= 0.6 is 11.3 Å². The van der Waals surface area contributed by atoms with Crippen molar-refractivity contribution in [2.75, 3.05) is 4.90 Å². The molecule has 2 nitrogen and oxygen atoms in total. The average molecular weight is 733 g/mol. The van der Waals surface area contributed by atoms with Crippen LogP contribution in [0.4, 0.5) is 17.1 Å². The van der Waals surface area contributed by atoms with Gasteiger partial charge in [0, 0.05) is 64.2 Å². The summed E-state index contributed by atoms with van der Waals surface area (Å²) in [7, 11) is 0. The molecule has 11 aromatic rings. The highest BCUT2D eigenvalue weighted by Crippen LogP contribution is 2.52. The molecule has 0 bridgehead atoms. The van der Waals surface area contributed by atoms with Crippen molar-refractivity contribution in [3.63, 3.8) is 0 Å². The number of benzene rings is 9. The third-order valence-corrected chi connectivity index (χ3v) is 13.5. The monoisotopic (exact) mass is 732 g/mol. The van der Waals surface area contributed by atoms with Gasteiger partial charge in [-0.25, -0.2) is 0 Å². The lowest BCUT2D eigenvalue weighted by atomic mass is 9.82. The summed E-state index contributed by atoms with van der Waals surface area (Å²) >= 11 is 1.87. The summed E-state index contributed by atoms with van der Waals surface area (Å²) in [5, 5.41) is 10.2. The fourth-order valence-corrected chi connectivity index (χ4v) is 10.8. The number of anilines is 3. The molecule has 12 rings (SSSR count). The van der Waals surface area contributed by atoms with Crippen LogP contribution in [0.2, 0.25) is 0 Å². The van der Waals surface area contributed by atoms with Crippen LogP contribution in [-0.2, 0) is 5.41 Å².